The zero-order chi connectivity index (χ0) is 36.5. The minimum Gasteiger partial charge on any atom is -0.326 e. The minimum atomic E-state index is -2.89. The molecule has 2 fully saturated rings. The van der Waals surface area contributed by atoms with Gasteiger partial charge in [-0.05, 0) is 111 Å². The first-order valence-electron chi connectivity index (χ1n) is 19.4. The van der Waals surface area contributed by atoms with E-state index < -0.39 is 7.14 Å². The molecule has 0 amide bonds. The summed E-state index contributed by atoms with van der Waals surface area (Å²) in [5.74, 6) is 5.59. The maximum atomic E-state index is 16.4. The molecular weight excluding hydrogens is 668 g/mol. The molecule has 0 radical (unpaired) electrons. The van der Waals surface area contributed by atoms with Crippen LogP contribution in [-0.2, 0) is 11.1 Å². The van der Waals surface area contributed by atoms with Crippen LogP contribution in [0.15, 0.2) is 90.8 Å². The maximum absolute atomic E-state index is 16.4. The molecular formula is C47H47N4OP. The van der Waals surface area contributed by atoms with Gasteiger partial charge in [0.25, 0.3) is 0 Å². The summed E-state index contributed by atoms with van der Waals surface area (Å²) in [6.07, 6.45) is 13.1. The first-order chi connectivity index (χ1) is 25.8. The van der Waals surface area contributed by atoms with Crippen molar-refractivity contribution in [3.8, 4) is 29.0 Å². The molecule has 6 aromatic rings. The van der Waals surface area contributed by atoms with E-state index in [0.717, 1.165) is 124 Å². The Morgan fingerprint density at radius 3 is 2.23 bits per heavy atom. The Morgan fingerprint density at radius 1 is 0.830 bits per heavy atom. The van der Waals surface area contributed by atoms with Crippen molar-refractivity contribution in [3.05, 3.63) is 108 Å². The Hall–Kier alpha value is -4.96. The smallest absolute Gasteiger partial charge is 0.152 e. The summed E-state index contributed by atoms with van der Waals surface area (Å²) < 4.78 is 18.6. The first-order valence-corrected chi connectivity index (χ1v) is 21.2. The fourth-order valence-corrected chi connectivity index (χ4v) is 13.5. The number of allylic oxidation sites excluding steroid dienone is 2. The van der Waals surface area contributed by atoms with E-state index in [2.05, 4.69) is 104 Å². The van der Waals surface area contributed by atoms with E-state index in [9.17, 15) is 5.26 Å². The van der Waals surface area contributed by atoms with Gasteiger partial charge in [0.1, 0.15) is 7.14 Å². The van der Waals surface area contributed by atoms with Crippen molar-refractivity contribution in [2.75, 3.05) is 0 Å². The summed E-state index contributed by atoms with van der Waals surface area (Å²) in [7, 11) is -2.89. The van der Waals surface area contributed by atoms with Crippen LogP contribution in [0, 0.1) is 23.2 Å². The minimum absolute atomic E-state index is 0.198. The highest BCUT2D eigenvalue weighted by molar-refractivity contribution is 7.73. The summed E-state index contributed by atoms with van der Waals surface area (Å²) >= 11 is 0. The summed E-state index contributed by atoms with van der Waals surface area (Å²) in [5.41, 5.74) is 10.6. The average Bonchev–Trinajstić information content (AvgIpc) is 3.61. The molecule has 8 rings (SSSR count). The lowest BCUT2D eigenvalue weighted by Gasteiger charge is -2.39. The Kier molecular flexibility index (Phi) is 9.81. The fraction of sp³-hybridized carbons (Fsp3) is 0.340. The standard InChI is InChI=1S/C47H47N4OP/c1-32(2)33(3)46-45(53(52,38-17-9-5-10-18-38)39-19-11-6-12-20-39)29-42-40(27-36-22-21-34(16-13-25-48)26-41(36)47(42)50-46)37-23-24-44-43(28-37)49-31-51(44)30-35-14-7-4-8-15-35/h4,7-8,14-15,21-24,26-29,31,38-39H,5-6,9-12,17-20,30H2,1-3H3. The molecule has 2 aromatic heterocycles. The third kappa shape index (κ3) is 6.62. The van der Waals surface area contributed by atoms with Crippen LogP contribution < -0.4 is 5.30 Å². The lowest BCUT2D eigenvalue weighted by molar-refractivity contribution is 0.452. The van der Waals surface area contributed by atoms with Gasteiger partial charge in [-0.2, -0.15) is 5.26 Å². The quantitative estimate of drug-likeness (QED) is 0.0937. The number of hydrogen-bond acceptors (Lipinski definition) is 4. The second-order valence-electron chi connectivity index (χ2n) is 15.5. The molecule has 6 heteroatoms. The number of nitriles is 1. The molecule has 2 saturated carbocycles. The van der Waals surface area contributed by atoms with Crippen molar-refractivity contribution in [3.63, 3.8) is 0 Å². The molecule has 2 heterocycles. The van der Waals surface area contributed by atoms with Crippen molar-refractivity contribution in [1.29, 1.82) is 5.26 Å². The van der Waals surface area contributed by atoms with Crippen LogP contribution in [0.3, 0.4) is 0 Å². The number of benzene rings is 4. The molecule has 4 aromatic carbocycles. The molecule has 266 valence electrons. The highest BCUT2D eigenvalue weighted by Gasteiger charge is 2.44. The number of fused-ring (bicyclic) bond motifs is 4. The van der Waals surface area contributed by atoms with Crippen molar-refractivity contribution in [1.82, 2.24) is 14.5 Å². The van der Waals surface area contributed by atoms with Crippen molar-refractivity contribution >= 4 is 50.7 Å². The summed E-state index contributed by atoms with van der Waals surface area (Å²) in [5, 5.41) is 13.3. The second-order valence-corrected chi connectivity index (χ2v) is 18.8. The molecule has 0 saturated heterocycles. The van der Waals surface area contributed by atoms with Gasteiger partial charge in [0.2, 0.25) is 0 Å². The van der Waals surface area contributed by atoms with E-state index in [1.165, 1.54) is 24.0 Å². The Morgan fingerprint density at radius 2 is 1.55 bits per heavy atom. The Labute approximate surface area is 313 Å². The number of nitrogens with zero attached hydrogens (tertiary/aromatic N) is 4. The van der Waals surface area contributed by atoms with Crippen molar-refractivity contribution < 1.29 is 4.57 Å². The number of imidazole rings is 1. The lowest BCUT2D eigenvalue weighted by Crippen LogP contribution is -2.31. The van der Waals surface area contributed by atoms with E-state index in [1.54, 1.807) is 0 Å². The Balaban J connectivity index is 1.41. The molecule has 0 aliphatic heterocycles. The van der Waals surface area contributed by atoms with Gasteiger partial charge < -0.3 is 9.13 Å². The zero-order valence-electron chi connectivity index (χ0n) is 31.2. The third-order valence-corrected chi connectivity index (χ3v) is 16.3. The summed E-state index contributed by atoms with van der Waals surface area (Å²) in [6.45, 7) is 7.21. The Bertz CT molecular complexity index is 2510. The highest BCUT2D eigenvalue weighted by Crippen LogP contribution is 2.63. The SMILES string of the molecule is CC(C)=C(C)c1nc2c(cc1P(=O)(C1CCCCC1)C1CCCCC1)c(-c1ccc3c(c1)ncn3Cc1ccccc1)cc1ccc(C#CC#N)cc12. The van der Waals surface area contributed by atoms with Crippen LogP contribution in [0.2, 0.25) is 0 Å². The van der Waals surface area contributed by atoms with Gasteiger partial charge in [-0.3, -0.25) is 0 Å². The number of rotatable bonds is 7. The third-order valence-electron chi connectivity index (χ3n) is 12.0. The largest absolute Gasteiger partial charge is 0.326 e. The van der Waals surface area contributed by atoms with Crippen molar-refractivity contribution in [2.24, 2.45) is 0 Å². The predicted molar refractivity (Wildman–Crippen MR) is 221 cm³/mol. The molecule has 0 atom stereocenters. The molecule has 0 bridgehead atoms. The van der Waals surface area contributed by atoms with Gasteiger partial charge >= 0.3 is 0 Å². The number of pyridine rings is 1. The van der Waals surface area contributed by atoms with Crippen LogP contribution in [0.1, 0.15) is 102 Å². The molecule has 2 aliphatic rings. The number of hydrogen-bond donors (Lipinski definition) is 0. The van der Waals surface area contributed by atoms with Crippen LogP contribution in [0.25, 0.3) is 49.4 Å². The summed E-state index contributed by atoms with van der Waals surface area (Å²) in [6, 6.07) is 29.7. The molecule has 0 spiro atoms. The fourth-order valence-electron chi connectivity index (χ4n) is 8.99. The van der Waals surface area contributed by atoms with Gasteiger partial charge in [-0.15, -0.1) is 0 Å². The molecule has 0 unspecified atom stereocenters. The molecule has 53 heavy (non-hydrogen) atoms. The van der Waals surface area contributed by atoms with E-state index in [-0.39, 0.29) is 11.3 Å². The highest BCUT2D eigenvalue weighted by atomic mass is 31.2. The lowest BCUT2D eigenvalue weighted by atomic mass is 9.94. The monoisotopic (exact) mass is 714 g/mol. The van der Waals surface area contributed by atoms with E-state index in [1.807, 2.05) is 24.5 Å². The maximum Gasteiger partial charge on any atom is 0.152 e. The van der Waals surface area contributed by atoms with Gasteiger partial charge in [0.05, 0.1) is 28.6 Å². The van der Waals surface area contributed by atoms with Crippen molar-refractivity contribution in [2.45, 2.75) is 103 Å². The second kappa shape index (κ2) is 14.8. The normalized spacial score (nSPS) is 15.7. The van der Waals surface area contributed by atoms with Gasteiger partial charge in [-0.25, -0.2) is 9.97 Å². The average molecular weight is 715 g/mol. The molecule has 5 nitrogen and oxygen atoms in total. The zero-order valence-corrected chi connectivity index (χ0v) is 32.1. The van der Waals surface area contributed by atoms with Gasteiger partial charge in [0.15, 0.2) is 6.07 Å². The predicted octanol–water partition coefficient (Wildman–Crippen LogP) is 11.8. The number of aromatic nitrogens is 3. The topological polar surface area (TPSA) is 71.6 Å². The van der Waals surface area contributed by atoms with E-state index in [0.29, 0.717) is 0 Å². The van der Waals surface area contributed by atoms with Crippen LogP contribution in [0.5, 0.6) is 0 Å². The van der Waals surface area contributed by atoms with Gasteiger partial charge in [0, 0.05) is 45.4 Å². The molecule has 0 N–H and O–H groups in total. The van der Waals surface area contributed by atoms with E-state index >= 15 is 4.57 Å². The van der Waals surface area contributed by atoms with Crippen LogP contribution in [0.4, 0.5) is 0 Å². The van der Waals surface area contributed by atoms with Gasteiger partial charge in [-0.1, -0.05) is 92.5 Å². The first kappa shape index (κ1) is 35.1. The van der Waals surface area contributed by atoms with Crippen LogP contribution >= 0.6 is 7.14 Å². The van der Waals surface area contributed by atoms with Crippen LogP contribution in [-0.4, -0.2) is 25.9 Å². The molecule has 2 aliphatic carbocycles. The summed E-state index contributed by atoms with van der Waals surface area (Å²) in [4.78, 5) is 10.5. The van der Waals surface area contributed by atoms with E-state index in [4.69, 9.17) is 9.97 Å².